The molecule has 1 rings (SSSR count). The molecule has 0 saturated heterocycles. The molecular weight excluding hydrogens is 482 g/mol. The molecule has 1 aromatic rings. The number of hydrogen-bond donors (Lipinski definition) is 3. The second-order valence-corrected chi connectivity index (χ2v) is 9.96. The van der Waals surface area contributed by atoms with Gasteiger partial charge in [0.1, 0.15) is 5.75 Å². The van der Waals surface area contributed by atoms with Crippen molar-refractivity contribution in [2.24, 2.45) is 5.10 Å². The molecule has 32 heavy (non-hydrogen) atoms. The van der Waals surface area contributed by atoms with E-state index in [-0.39, 0.29) is 5.75 Å². The van der Waals surface area contributed by atoms with Gasteiger partial charge in [0.25, 0.3) is 0 Å². The SMILES string of the molecule is CCCCCCCCCCCCCCCCCCNC(=S)NN=Cc1cc(Br)ccc1O. The Kier molecular flexibility index (Phi) is 18.5. The lowest BCUT2D eigenvalue weighted by Gasteiger charge is -2.07. The number of phenolic OH excluding ortho intramolecular Hbond substituents is 1. The first-order chi connectivity index (χ1) is 15.6. The van der Waals surface area contributed by atoms with Gasteiger partial charge >= 0.3 is 0 Å². The van der Waals surface area contributed by atoms with Crippen molar-refractivity contribution in [3.8, 4) is 5.75 Å². The van der Waals surface area contributed by atoms with Crippen molar-refractivity contribution in [3.63, 3.8) is 0 Å². The Morgan fingerprint density at radius 1 is 0.875 bits per heavy atom. The second kappa shape index (κ2) is 20.5. The number of hydrogen-bond acceptors (Lipinski definition) is 3. The zero-order valence-corrected chi connectivity index (χ0v) is 22.4. The van der Waals surface area contributed by atoms with Gasteiger partial charge in [0.15, 0.2) is 5.11 Å². The third kappa shape index (κ3) is 16.5. The Morgan fingerprint density at radius 2 is 1.38 bits per heavy atom. The zero-order valence-electron chi connectivity index (χ0n) is 20.0. The first-order valence-electron chi connectivity index (χ1n) is 12.7. The molecule has 4 nitrogen and oxygen atoms in total. The van der Waals surface area contributed by atoms with Crippen molar-refractivity contribution >= 4 is 39.5 Å². The minimum absolute atomic E-state index is 0.186. The highest BCUT2D eigenvalue weighted by Gasteiger charge is 1.99. The number of aromatic hydroxyl groups is 1. The number of nitrogens with zero attached hydrogens (tertiary/aromatic N) is 1. The number of halogens is 1. The topological polar surface area (TPSA) is 56.7 Å². The molecule has 0 unspecified atom stereocenters. The molecule has 0 saturated carbocycles. The molecule has 3 N–H and O–H groups in total. The monoisotopic (exact) mass is 525 g/mol. The van der Waals surface area contributed by atoms with Gasteiger partial charge in [0.05, 0.1) is 6.21 Å². The Labute approximate surface area is 210 Å². The summed E-state index contributed by atoms with van der Waals surface area (Å²) in [6.45, 7) is 3.15. The number of benzene rings is 1. The summed E-state index contributed by atoms with van der Waals surface area (Å²) in [6, 6.07) is 5.21. The molecule has 0 radical (unpaired) electrons. The number of hydrazone groups is 1. The Morgan fingerprint density at radius 3 is 1.91 bits per heavy atom. The van der Waals surface area contributed by atoms with Crippen molar-refractivity contribution in [3.05, 3.63) is 28.2 Å². The molecule has 182 valence electrons. The van der Waals surface area contributed by atoms with E-state index >= 15 is 0 Å². The summed E-state index contributed by atoms with van der Waals surface area (Å²) in [5.74, 6) is 0.186. The van der Waals surface area contributed by atoms with Gasteiger partial charge in [0.2, 0.25) is 0 Å². The fourth-order valence-corrected chi connectivity index (χ4v) is 4.24. The van der Waals surface area contributed by atoms with E-state index in [1.165, 1.54) is 96.3 Å². The lowest BCUT2D eigenvalue weighted by atomic mass is 10.0. The van der Waals surface area contributed by atoms with Gasteiger partial charge in [-0.2, -0.15) is 5.10 Å². The highest BCUT2D eigenvalue weighted by Crippen LogP contribution is 2.20. The van der Waals surface area contributed by atoms with Crippen LogP contribution in [0.5, 0.6) is 5.75 Å². The number of thiocarbonyl (C=S) groups is 1. The van der Waals surface area contributed by atoms with Gasteiger partial charge < -0.3 is 10.4 Å². The van der Waals surface area contributed by atoms with Crippen LogP contribution in [0.2, 0.25) is 0 Å². The molecule has 0 fully saturated rings. The minimum Gasteiger partial charge on any atom is -0.507 e. The van der Waals surface area contributed by atoms with Crippen LogP contribution in [0.25, 0.3) is 0 Å². The van der Waals surface area contributed by atoms with E-state index in [2.05, 4.69) is 38.7 Å². The molecular formula is C26H44BrN3OS. The molecule has 0 bridgehead atoms. The van der Waals surface area contributed by atoms with E-state index in [0.717, 1.165) is 17.4 Å². The molecule has 0 aliphatic rings. The van der Waals surface area contributed by atoms with Crippen LogP contribution in [-0.2, 0) is 0 Å². The fourth-order valence-electron chi connectivity index (χ4n) is 3.70. The van der Waals surface area contributed by atoms with Gasteiger partial charge in [-0.1, -0.05) is 119 Å². The van der Waals surface area contributed by atoms with Crippen LogP contribution in [0, 0.1) is 0 Å². The number of unbranched alkanes of at least 4 members (excludes halogenated alkanes) is 15. The van der Waals surface area contributed by atoms with Crippen LogP contribution in [0.1, 0.15) is 115 Å². The summed E-state index contributed by atoms with van der Waals surface area (Å²) < 4.78 is 0.890. The maximum Gasteiger partial charge on any atom is 0.186 e. The van der Waals surface area contributed by atoms with Crippen LogP contribution in [0.3, 0.4) is 0 Å². The first kappa shape index (κ1) is 28.9. The lowest BCUT2D eigenvalue weighted by molar-refractivity contribution is 0.474. The van der Waals surface area contributed by atoms with E-state index in [1.54, 1.807) is 24.4 Å². The average Bonchev–Trinajstić information content (AvgIpc) is 2.78. The summed E-state index contributed by atoms with van der Waals surface area (Å²) in [4.78, 5) is 0. The highest BCUT2D eigenvalue weighted by molar-refractivity contribution is 9.10. The molecule has 0 amide bonds. The summed E-state index contributed by atoms with van der Waals surface area (Å²) in [7, 11) is 0. The molecule has 6 heteroatoms. The lowest BCUT2D eigenvalue weighted by Crippen LogP contribution is -2.32. The van der Waals surface area contributed by atoms with Gasteiger partial charge in [0, 0.05) is 16.6 Å². The zero-order chi connectivity index (χ0) is 23.3. The van der Waals surface area contributed by atoms with Gasteiger partial charge in [-0.15, -0.1) is 0 Å². The maximum absolute atomic E-state index is 9.78. The van der Waals surface area contributed by atoms with E-state index < -0.39 is 0 Å². The summed E-state index contributed by atoms with van der Waals surface area (Å²) in [5, 5.41) is 17.5. The molecule has 0 heterocycles. The van der Waals surface area contributed by atoms with Crippen molar-refractivity contribution in [2.75, 3.05) is 6.54 Å². The summed E-state index contributed by atoms with van der Waals surface area (Å²) >= 11 is 8.61. The molecule has 0 aliphatic heterocycles. The average molecular weight is 527 g/mol. The second-order valence-electron chi connectivity index (χ2n) is 8.63. The van der Waals surface area contributed by atoms with Crippen LogP contribution < -0.4 is 10.7 Å². The number of rotatable bonds is 19. The van der Waals surface area contributed by atoms with Crippen molar-refractivity contribution < 1.29 is 5.11 Å². The Hall–Kier alpha value is -1.14. The van der Waals surface area contributed by atoms with Crippen molar-refractivity contribution in [2.45, 2.75) is 110 Å². The quantitative estimate of drug-likeness (QED) is 0.0736. The van der Waals surface area contributed by atoms with Crippen molar-refractivity contribution in [1.29, 1.82) is 0 Å². The van der Waals surface area contributed by atoms with Gasteiger partial charge in [-0.25, -0.2) is 0 Å². The minimum atomic E-state index is 0.186. The third-order valence-electron chi connectivity index (χ3n) is 5.68. The molecule has 1 aromatic carbocycles. The standard InChI is InChI=1S/C26H44BrN3OS/c1-2-3-4-5-6-7-8-9-10-11-12-13-14-15-16-17-20-28-26(32)30-29-22-23-21-24(27)18-19-25(23)31/h18-19,21-22,31H,2-17,20H2,1H3,(H2,28,30,32). The molecule has 0 atom stereocenters. The fraction of sp³-hybridized carbons (Fsp3) is 0.692. The molecule has 0 aliphatic carbocycles. The summed E-state index contributed by atoms with van der Waals surface area (Å²) in [6.07, 6.45) is 23.6. The third-order valence-corrected chi connectivity index (χ3v) is 6.40. The molecule has 0 spiro atoms. The largest absolute Gasteiger partial charge is 0.507 e. The van der Waals surface area contributed by atoms with Gasteiger partial charge in [-0.05, 0) is 36.8 Å². The van der Waals surface area contributed by atoms with Gasteiger partial charge in [-0.3, -0.25) is 5.43 Å². The van der Waals surface area contributed by atoms with E-state index in [0.29, 0.717) is 10.7 Å². The normalized spacial score (nSPS) is 11.2. The van der Waals surface area contributed by atoms with Crippen LogP contribution in [0.15, 0.2) is 27.8 Å². The predicted octanol–water partition coefficient (Wildman–Crippen LogP) is 8.21. The first-order valence-corrected chi connectivity index (χ1v) is 13.9. The Bertz CT molecular complexity index is 639. The summed E-state index contributed by atoms with van der Waals surface area (Å²) in [5.41, 5.74) is 3.43. The Balaban J connectivity index is 1.85. The number of phenols is 1. The number of nitrogens with one attached hydrogen (secondary N) is 2. The van der Waals surface area contributed by atoms with Crippen LogP contribution in [-0.4, -0.2) is 23.0 Å². The molecule has 0 aromatic heterocycles. The maximum atomic E-state index is 9.78. The van der Waals surface area contributed by atoms with E-state index in [9.17, 15) is 5.11 Å². The van der Waals surface area contributed by atoms with Crippen LogP contribution >= 0.6 is 28.1 Å². The predicted molar refractivity (Wildman–Crippen MR) is 147 cm³/mol. The van der Waals surface area contributed by atoms with Crippen molar-refractivity contribution in [1.82, 2.24) is 10.7 Å². The van der Waals surface area contributed by atoms with E-state index in [1.807, 2.05) is 0 Å². The smallest absolute Gasteiger partial charge is 0.186 e. The van der Waals surface area contributed by atoms with Crippen LogP contribution in [0.4, 0.5) is 0 Å². The van der Waals surface area contributed by atoms with E-state index in [4.69, 9.17) is 12.2 Å². The highest BCUT2D eigenvalue weighted by atomic mass is 79.9.